The molecule has 0 saturated heterocycles. The molecule has 3 rings (SSSR count). The van der Waals surface area contributed by atoms with Crippen molar-refractivity contribution >= 4 is 23.1 Å². The standard InChI is InChI=1S/C18H17F3N4O2S/c1-11-9-15(22-16(26)7-8-24-12(2)10-28-17(24)27)25(23-11)14-6-4-3-5-13(14)18(19,20)21/h3-6,9-10H,7-8H2,1-2H3,(H,22,26). The van der Waals surface area contributed by atoms with Crippen LogP contribution in [0.4, 0.5) is 19.0 Å². The fourth-order valence-electron chi connectivity index (χ4n) is 2.76. The zero-order valence-electron chi connectivity index (χ0n) is 15.1. The Bertz CT molecular complexity index is 1070. The normalized spacial score (nSPS) is 11.6. The molecule has 28 heavy (non-hydrogen) atoms. The summed E-state index contributed by atoms with van der Waals surface area (Å²) in [7, 11) is 0. The maximum Gasteiger partial charge on any atom is 0.418 e. The van der Waals surface area contributed by atoms with Crippen molar-refractivity contribution in [3.63, 3.8) is 0 Å². The number of nitrogens with one attached hydrogen (secondary N) is 1. The minimum absolute atomic E-state index is 0.00260. The topological polar surface area (TPSA) is 68.9 Å². The molecule has 0 atom stereocenters. The van der Waals surface area contributed by atoms with Crippen LogP contribution in [0.2, 0.25) is 0 Å². The van der Waals surface area contributed by atoms with Gasteiger partial charge in [-0.2, -0.15) is 18.3 Å². The number of halogens is 3. The Labute approximate surface area is 162 Å². The highest BCUT2D eigenvalue weighted by molar-refractivity contribution is 7.07. The summed E-state index contributed by atoms with van der Waals surface area (Å²) in [5.74, 6) is -0.295. The second-order valence-corrected chi connectivity index (χ2v) is 7.01. The molecule has 1 aromatic carbocycles. The summed E-state index contributed by atoms with van der Waals surface area (Å²) in [6, 6.07) is 6.51. The van der Waals surface area contributed by atoms with Crippen molar-refractivity contribution in [3.8, 4) is 5.69 Å². The second-order valence-electron chi connectivity index (χ2n) is 6.19. The third-order valence-electron chi connectivity index (χ3n) is 4.08. The number of hydrogen-bond donors (Lipinski definition) is 1. The number of rotatable bonds is 5. The molecule has 1 amide bonds. The molecule has 0 unspecified atom stereocenters. The van der Waals surface area contributed by atoms with Crippen LogP contribution in [0.1, 0.15) is 23.4 Å². The number of alkyl halides is 3. The molecule has 6 nitrogen and oxygen atoms in total. The summed E-state index contributed by atoms with van der Waals surface area (Å²) in [6.45, 7) is 3.57. The quantitative estimate of drug-likeness (QED) is 0.696. The van der Waals surface area contributed by atoms with E-state index in [-0.39, 0.29) is 29.3 Å². The predicted octanol–water partition coefficient (Wildman–Crippen LogP) is 3.76. The van der Waals surface area contributed by atoms with Gasteiger partial charge >= 0.3 is 11.0 Å². The van der Waals surface area contributed by atoms with E-state index in [1.807, 2.05) is 0 Å². The van der Waals surface area contributed by atoms with Gasteiger partial charge in [-0.1, -0.05) is 23.5 Å². The number of aromatic nitrogens is 3. The number of nitrogens with zero attached hydrogens (tertiary/aromatic N) is 3. The molecule has 10 heteroatoms. The number of carbonyl (C=O) groups is 1. The number of amides is 1. The molecule has 0 saturated carbocycles. The van der Waals surface area contributed by atoms with E-state index in [1.165, 1.54) is 28.8 Å². The lowest BCUT2D eigenvalue weighted by atomic mass is 10.1. The Morgan fingerprint density at radius 2 is 1.96 bits per heavy atom. The van der Waals surface area contributed by atoms with Gasteiger partial charge in [0.1, 0.15) is 5.82 Å². The average Bonchev–Trinajstić information content (AvgIpc) is 3.14. The number of benzene rings is 1. The van der Waals surface area contributed by atoms with Gasteiger partial charge in [-0.15, -0.1) is 0 Å². The van der Waals surface area contributed by atoms with Crippen LogP contribution in [-0.4, -0.2) is 20.3 Å². The molecule has 0 bridgehead atoms. The van der Waals surface area contributed by atoms with E-state index in [2.05, 4.69) is 10.4 Å². The van der Waals surface area contributed by atoms with Crippen molar-refractivity contribution in [1.82, 2.24) is 14.3 Å². The highest BCUT2D eigenvalue weighted by atomic mass is 32.1. The lowest BCUT2D eigenvalue weighted by molar-refractivity contribution is -0.137. The van der Waals surface area contributed by atoms with Gasteiger partial charge < -0.3 is 9.88 Å². The van der Waals surface area contributed by atoms with Gasteiger partial charge in [0.05, 0.1) is 16.9 Å². The van der Waals surface area contributed by atoms with E-state index in [0.29, 0.717) is 5.69 Å². The number of anilines is 1. The summed E-state index contributed by atoms with van der Waals surface area (Å²) < 4.78 is 42.5. The van der Waals surface area contributed by atoms with Gasteiger partial charge in [0.15, 0.2) is 0 Å². The van der Waals surface area contributed by atoms with E-state index in [4.69, 9.17) is 0 Å². The molecule has 0 spiro atoms. The SMILES string of the molecule is Cc1cc(NC(=O)CCn2c(C)csc2=O)n(-c2ccccc2C(F)(F)F)n1. The molecule has 1 N–H and O–H groups in total. The van der Waals surface area contributed by atoms with Crippen molar-refractivity contribution in [2.75, 3.05) is 5.32 Å². The first kappa shape index (κ1) is 19.9. The number of thiazole rings is 1. The van der Waals surface area contributed by atoms with Crippen LogP contribution < -0.4 is 10.2 Å². The zero-order chi connectivity index (χ0) is 20.5. The summed E-state index contributed by atoms with van der Waals surface area (Å²) in [6.07, 6.45) is -4.56. The molecule has 0 aliphatic carbocycles. The van der Waals surface area contributed by atoms with Crippen molar-refractivity contribution in [2.45, 2.75) is 33.0 Å². The summed E-state index contributed by atoms with van der Waals surface area (Å²) in [5, 5.41) is 8.39. The number of carbonyl (C=O) groups excluding carboxylic acids is 1. The van der Waals surface area contributed by atoms with E-state index >= 15 is 0 Å². The Kier molecular flexibility index (Phi) is 5.41. The lowest BCUT2D eigenvalue weighted by Gasteiger charge is -2.15. The van der Waals surface area contributed by atoms with Gasteiger partial charge in [-0.3, -0.25) is 9.59 Å². The Hall–Kier alpha value is -2.88. The Morgan fingerprint density at radius 1 is 1.25 bits per heavy atom. The smallest absolute Gasteiger partial charge is 0.311 e. The minimum Gasteiger partial charge on any atom is -0.311 e. The first-order valence-electron chi connectivity index (χ1n) is 8.35. The maximum absolute atomic E-state index is 13.3. The number of aryl methyl sites for hydroxylation is 2. The molecule has 0 radical (unpaired) electrons. The highest BCUT2D eigenvalue weighted by Gasteiger charge is 2.34. The van der Waals surface area contributed by atoms with E-state index in [1.54, 1.807) is 19.2 Å². The van der Waals surface area contributed by atoms with Crippen molar-refractivity contribution in [3.05, 3.63) is 62.3 Å². The second kappa shape index (κ2) is 7.63. The number of para-hydroxylation sites is 1. The van der Waals surface area contributed by atoms with Crippen LogP contribution in [0.3, 0.4) is 0 Å². The first-order chi connectivity index (χ1) is 13.2. The molecule has 2 aromatic heterocycles. The monoisotopic (exact) mass is 410 g/mol. The molecule has 2 heterocycles. The fourth-order valence-corrected chi connectivity index (χ4v) is 3.52. The summed E-state index contributed by atoms with van der Waals surface area (Å²) in [4.78, 5) is 23.9. The van der Waals surface area contributed by atoms with Gasteiger partial charge in [0.2, 0.25) is 5.91 Å². The summed E-state index contributed by atoms with van der Waals surface area (Å²) in [5.41, 5.74) is 0.178. The molecule has 0 aliphatic heterocycles. The highest BCUT2D eigenvalue weighted by Crippen LogP contribution is 2.34. The molecular formula is C18H17F3N4O2S. The van der Waals surface area contributed by atoms with Gasteiger partial charge in [-0.05, 0) is 26.0 Å². The number of hydrogen-bond acceptors (Lipinski definition) is 4. The Morgan fingerprint density at radius 3 is 2.61 bits per heavy atom. The Balaban J connectivity index is 1.84. The minimum atomic E-state index is -4.56. The largest absolute Gasteiger partial charge is 0.418 e. The zero-order valence-corrected chi connectivity index (χ0v) is 15.9. The molecule has 0 fully saturated rings. The third-order valence-corrected chi connectivity index (χ3v) is 4.96. The lowest BCUT2D eigenvalue weighted by Crippen LogP contribution is -2.21. The first-order valence-corrected chi connectivity index (χ1v) is 9.23. The molecule has 148 valence electrons. The fraction of sp³-hybridized carbons (Fsp3) is 0.278. The molecule has 3 aromatic rings. The van der Waals surface area contributed by atoms with Crippen LogP contribution in [-0.2, 0) is 17.5 Å². The third kappa shape index (κ3) is 4.16. The van der Waals surface area contributed by atoms with Crippen LogP contribution in [0.5, 0.6) is 0 Å². The van der Waals surface area contributed by atoms with Crippen molar-refractivity contribution in [2.24, 2.45) is 0 Å². The van der Waals surface area contributed by atoms with Crippen LogP contribution in [0.25, 0.3) is 5.69 Å². The maximum atomic E-state index is 13.3. The predicted molar refractivity (Wildman–Crippen MR) is 99.9 cm³/mol. The molecular weight excluding hydrogens is 393 g/mol. The van der Waals surface area contributed by atoms with Crippen molar-refractivity contribution in [1.29, 1.82) is 0 Å². The summed E-state index contributed by atoms with van der Waals surface area (Å²) >= 11 is 1.05. The van der Waals surface area contributed by atoms with Crippen LogP contribution >= 0.6 is 11.3 Å². The van der Waals surface area contributed by atoms with Crippen LogP contribution in [0.15, 0.2) is 40.5 Å². The molecule has 0 aliphatic rings. The average molecular weight is 410 g/mol. The van der Waals surface area contributed by atoms with Gasteiger partial charge in [-0.25, -0.2) is 4.68 Å². The van der Waals surface area contributed by atoms with Crippen molar-refractivity contribution < 1.29 is 18.0 Å². The van der Waals surface area contributed by atoms with Gasteiger partial charge in [0, 0.05) is 30.1 Å². The van der Waals surface area contributed by atoms with E-state index in [9.17, 15) is 22.8 Å². The van der Waals surface area contributed by atoms with Gasteiger partial charge in [0.25, 0.3) is 0 Å². The van der Waals surface area contributed by atoms with Crippen LogP contribution in [0, 0.1) is 13.8 Å². The van der Waals surface area contributed by atoms with E-state index in [0.717, 1.165) is 27.8 Å². The van der Waals surface area contributed by atoms with E-state index < -0.39 is 17.6 Å².